The smallest absolute Gasteiger partial charge is 0.320 e. The van der Waals surface area contributed by atoms with Crippen molar-refractivity contribution >= 4 is 5.97 Å². The van der Waals surface area contributed by atoms with Crippen molar-refractivity contribution in [2.75, 3.05) is 6.54 Å². The van der Waals surface area contributed by atoms with Crippen molar-refractivity contribution in [1.82, 2.24) is 0 Å². The van der Waals surface area contributed by atoms with Crippen LogP contribution >= 0.6 is 0 Å². The Kier molecular flexibility index (Phi) is 4.75. The van der Waals surface area contributed by atoms with E-state index in [-0.39, 0.29) is 13.0 Å². The summed E-state index contributed by atoms with van der Waals surface area (Å²) in [5, 5.41) is 11.2. The van der Waals surface area contributed by atoms with Crippen LogP contribution in [-0.4, -0.2) is 29.8 Å². The van der Waals surface area contributed by atoms with Gasteiger partial charge in [-0.3, -0.25) is 4.79 Å². The van der Waals surface area contributed by atoms with Crippen molar-refractivity contribution in [3.05, 3.63) is 10.4 Å². The molecule has 12 heavy (non-hydrogen) atoms. The Labute approximate surface area is 67.8 Å². The van der Waals surface area contributed by atoms with E-state index >= 15 is 0 Å². The lowest BCUT2D eigenvalue weighted by atomic mass is 10.1. The summed E-state index contributed by atoms with van der Waals surface area (Å²) in [5.74, 6) is -1.27. The molecule has 0 aromatic rings. The molecule has 0 radical (unpaired) electrons. The number of nitrogens with zero attached hydrogens (tertiary/aromatic N) is 3. The average molecular weight is 176 g/mol. The molecule has 0 aromatic carbocycles. The van der Waals surface area contributed by atoms with Gasteiger partial charge < -0.3 is 10.8 Å². The highest BCUT2D eigenvalue weighted by Crippen LogP contribution is 2.01. The molecule has 0 bridgehead atoms. The van der Waals surface area contributed by atoms with Crippen LogP contribution in [0.1, 0.15) is 6.42 Å². The molecule has 0 aliphatic heterocycles. The molecule has 6 nitrogen and oxygen atoms in total. The summed E-state index contributed by atoms with van der Waals surface area (Å²) >= 11 is 0. The third-order valence-corrected chi connectivity index (χ3v) is 1.17. The average Bonchev–Trinajstić information content (AvgIpc) is 2.00. The molecule has 0 aliphatic carbocycles. The molecule has 7 heteroatoms. The zero-order chi connectivity index (χ0) is 9.56. The maximum atomic E-state index is 12.6. The van der Waals surface area contributed by atoms with E-state index in [0.29, 0.717) is 0 Å². The van der Waals surface area contributed by atoms with Crippen LogP contribution in [0.4, 0.5) is 4.39 Å². The second-order valence-corrected chi connectivity index (χ2v) is 2.19. The molecule has 0 aromatic heterocycles. The van der Waals surface area contributed by atoms with Gasteiger partial charge >= 0.3 is 5.97 Å². The Morgan fingerprint density at radius 1 is 1.83 bits per heavy atom. The lowest BCUT2D eigenvalue weighted by molar-refractivity contribution is -0.139. The molecule has 0 saturated heterocycles. The van der Waals surface area contributed by atoms with Gasteiger partial charge in [0, 0.05) is 11.3 Å². The zero-order valence-electron chi connectivity index (χ0n) is 6.22. The molecule has 0 saturated carbocycles. The summed E-state index contributed by atoms with van der Waals surface area (Å²) in [6, 6.07) is -1.24. The highest BCUT2D eigenvalue weighted by Gasteiger charge is 2.17. The number of hydrogen-bond donors (Lipinski definition) is 2. The minimum absolute atomic E-state index is 0.339. The summed E-state index contributed by atoms with van der Waals surface area (Å²) in [6.07, 6.45) is -1.83. The Hall–Kier alpha value is -1.33. The minimum Gasteiger partial charge on any atom is -0.480 e. The third kappa shape index (κ3) is 4.48. The van der Waals surface area contributed by atoms with Gasteiger partial charge in [0.15, 0.2) is 0 Å². The quantitative estimate of drug-likeness (QED) is 0.360. The molecule has 0 spiro atoms. The van der Waals surface area contributed by atoms with Crippen LogP contribution in [0.3, 0.4) is 0 Å². The van der Waals surface area contributed by atoms with Gasteiger partial charge in [0.2, 0.25) is 0 Å². The molecular formula is C5H9FN4O2. The fourth-order valence-electron chi connectivity index (χ4n) is 0.576. The van der Waals surface area contributed by atoms with E-state index in [0.717, 1.165) is 0 Å². The van der Waals surface area contributed by atoms with E-state index in [1.165, 1.54) is 0 Å². The summed E-state index contributed by atoms with van der Waals surface area (Å²) in [7, 11) is 0. The number of nitrogens with two attached hydrogens (primary N) is 1. The van der Waals surface area contributed by atoms with E-state index < -0.39 is 18.2 Å². The normalized spacial score (nSPS) is 14.5. The van der Waals surface area contributed by atoms with Gasteiger partial charge in [0.05, 0.1) is 6.54 Å². The molecule has 0 heterocycles. The number of halogens is 1. The van der Waals surface area contributed by atoms with Gasteiger partial charge in [-0.1, -0.05) is 5.11 Å². The molecule has 68 valence electrons. The molecular weight excluding hydrogens is 167 g/mol. The summed E-state index contributed by atoms with van der Waals surface area (Å²) in [6.45, 7) is -0.377. The molecule has 0 fully saturated rings. The van der Waals surface area contributed by atoms with E-state index in [4.69, 9.17) is 16.4 Å². The van der Waals surface area contributed by atoms with Crippen molar-refractivity contribution in [3.8, 4) is 0 Å². The molecule has 0 amide bonds. The van der Waals surface area contributed by atoms with Crippen LogP contribution < -0.4 is 5.73 Å². The first-order chi connectivity index (χ1) is 5.57. The van der Waals surface area contributed by atoms with Crippen molar-refractivity contribution in [3.63, 3.8) is 0 Å². The molecule has 2 atom stereocenters. The van der Waals surface area contributed by atoms with E-state index in [1.807, 2.05) is 0 Å². The van der Waals surface area contributed by atoms with Crippen LogP contribution in [0.2, 0.25) is 0 Å². The molecule has 0 rings (SSSR count). The number of carboxylic acid groups (broad SMARTS) is 1. The largest absolute Gasteiger partial charge is 0.480 e. The first kappa shape index (κ1) is 10.7. The van der Waals surface area contributed by atoms with Crippen LogP contribution in [-0.2, 0) is 4.79 Å². The fraction of sp³-hybridized carbons (Fsp3) is 0.800. The van der Waals surface area contributed by atoms with Crippen LogP contribution in [0.25, 0.3) is 10.4 Å². The lowest BCUT2D eigenvalue weighted by Crippen LogP contribution is -2.33. The van der Waals surface area contributed by atoms with Crippen LogP contribution in [0, 0.1) is 0 Å². The number of alkyl halides is 1. The summed E-state index contributed by atoms with van der Waals surface area (Å²) < 4.78 is 12.6. The van der Waals surface area contributed by atoms with Gasteiger partial charge in [-0.05, 0) is 5.53 Å². The number of aliphatic carboxylic acids is 1. The van der Waals surface area contributed by atoms with E-state index in [1.54, 1.807) is 0 Å². The molecule has 3 N–H and O–H groups in total. The first-order valence-electron chi connectivity index (χ1n) is 3.21. The van der Waals surface area contributed by atoms with Crippen molar-refractivity contribution in [1.29, 1.82) is 0 Å². The van der Waals surface area contributed by atoms with Gasteiger partial charge in [0.1, 0.15) is 12.2 Å². The summed E-state index contributed by atoms with van der Waals surface area (Å²) in [5.41, 5.74) is 12.8. The zero-order valence-corrected chi connectivity index (χ0v) is 6.22. The molecule has 0 aliphatic rings. The van der Waals surface area contributed by atoms with Gasteiger partial charge in [-0.2, -0.15) is 0 Å². The number of carboxylic acids is 1. The third-order valence-electron chi connectivity index (χ3n) is 1.17. The highest BCUT2D eigenvalue weighted by molar-refractivity contribution is 5.73. The Bertz CT molecular complexity index is 204. The number of hydrogen-bond acceptors (Lipinski definition) is 3. The predicted octanol–water partition coefficient (Wildman–Crippen LogP) is 0.437. The van der Waals surface area contributed by atoms with Crippen molar-refractivity contribution < 1.29 is 14.3 Å². The van der Waals surface area contributed by atoms with Gasteiger partial charge in [0.25, 0.3) is 0 Å². The van der Waals surface area contributed by atoms with Crippen molar-refractivity contribution in [2.45, 2.75) is 18.6 Å². The second kappa shape index (κ2) is 5.34. The molecule has 0 unspecified atom stereocenters. The lowest BCUT2D eigenvalue weighted by Gasteiger charge is -2.07. The maximum Gasteiger partial charge on any atom is 0.320 e. The van der Waals surface area contributed by atoms with Crippen LogP contribution in [0.15, 0.2) is 5.11 Å². The Morgan fingerprint density at radius 2 is 2.42 bits per heavy atom. The van der Waals surface area contributed by atoms with Crippen molar-refractivity contribution in [2.24, 2.45) is 10.8 Å². The van der Waals surface area contributed by atoms with Crippen LogP contribution in [0.5, 0.6) is 0 Å². The van der Waals surface area contributed by atoms with E-state index in [2.05, 4.69) is 10.0 Å². The predicted molar refractivity (Wildman–Crippen MR) is 39.1 cm³/mol. The van der Waals surface area contributed by atoms with Gasteiger partial charge in [-0.15, -0.1) is 0 Å². The monoisotopic (exact) mass is 176 g/mol. The Balaban J connectivity index is 3.75. The Morgan fingerprint density at radius 3 is 2.83 bits per heavy atom. The minimum atomic E-state index is -1.49. The fourth-order valence-corrected chi connectivity index (χ4v) is 0.576. The topological polar surface area (TPSA) is 112 Å². The SMILES string of the molecule is [N-]=[N+]=NC[C@H](F)C[C@H](N)C(=O)O. The number of rotatable bonds is 5. The second-order valence-electron chi connectivity index (χ2n) is 2.19. The number of carbonyl (C=O) groups is 1. The van der Waals surface area contributed by atoms with Gasteiger partial charge in [-0.25, -0.2) is 4.39 Å². The van der Waals surface area contributed by atoms with E-state index in [9.17, 15) is 9.18 Å². The maximum absolute atomic E-state index is 12.6. The first-order valence-corrected chi connectivity index (χ1v) is 3.21. The summed E-state index contributed by atoms with van der Waals surface area (Å²) in [4.78, 5) is 12.4. The highest BCUT2D eigenvalue weighted by atomic mass is 19.1. The standard InChI is InChI=1S/C5H9FN4O2/c6-3(2-9-10-8)1-4(7)5(11)12/h3-4H,1-2,7H2,(H,11,12)/t3-,4+/m1/s1. The number of azide groups is 1.